The Labute approximate surface area is 151 Å². The molecule has 2 aromatic rings. The molecule has 25 heavy (non-hydrogen) atoms. The van der Waals surface area contributed by atoms with Crippen LogP contribution in [0.4, 0.5) is 0 Å². The van der Waals surface area contributed by atoms with Gasteiger partial charge < -0.3 is 15.1 Å². The normalized spacial score (nSPS) is 11.4. The molecule has 5 nitrogen and oxygen atoms in total. The Hall–Kier alpha value is -2.34. The highest BCUT2D eigenvalue weighted by Gasteiger charge is 2.32. The third-order valence-corrected chi connectivity index (χ3v) is 5.02. The minimum atomic E-state index is -0.714. The summed E-state index contributed by atoms with van der Waals surface area (Å²) in [4.78, 5) is 26.4. The fraction of sp³-hybridized carbons (Fsp3) is 0.368. The zero-order valence-electron chi connectivity index (χ0n) is 14.9. The van der Waals surface area contributed by atoms with Gasteiger partial charge >= 0.3 is 0 Å². The van der Waals surface area contributed by atoms with Crippen LogP contribution in [0.5, 0.6) is 11.5 Å². The van der Waals surface area contributed by atoms with Gasteiger partial charge in [-0.2, -0.15) is 0 Å². The highest BCUT2D eigenvalue weighted by atomic mass is 32.1. The van der Waals surface area contributed by atoms with Gasteiger partial charge in [0, 0.05) is 19.0 Å². The van der Waals surface area contributed by atoms with Crippen molar-refractivity contribution in [1.29, 1.82) is 0 Å². The average molecular weight is 361 g/mol. The van der Waals surface area contributed by atoms with E-state index < -0.39 is 22.8 Å². The van der Waals surface area contributed by atoms with Gasteiger partial charge in [-0.15, -0.1) is 11.3 Å². The van der Waals surface area contributed by atoms with Crippen molar-refractivity contribution in [3.05, 3.63) is 45.6 Å². The standard InChI is InChI=1S/C19H23NO4S/c1-19(2,3)17(23)15-13(21)14(22)16(25-15)18(24)20(4)11-10-12-8-6-5-7-9-12/h5-9,21-22H,10-11H2,1-4H3. The molecule has 0 aliphatic rings. The monoisotopic (exact) mass is 361 g/mol. The van der Waals surface area contributed by atoms with Crippen LogP contribution in [0, 0.1) is 5.41 Å². The minimum Gasteiger partial charge on any atom is -0.503 e. The first-order valence-corrected chi connectivity index (χ1v) is 8.83. The van der Waals surface area contributed by atoms with Gasteiger partial charge in [0.25, 0.3) is 5.91 Å². The second kappa shape index (κ2) is 7.27. The van der Waals surface area contributed by atoms with Crippen molar-refractivity contribution in [2.75, 3.05) is 13.6 Å². The molecule has 1 heterocycles. The molecule has 0 atom stereocenters. The van der Waals surface area contributed by atoms with Crippen molar-refractivity contribution < 1.29 is 19.8 Å². The Morgan fingerprint density at radius 3 is 2.16 bits per heavy atom. The van der Waals surface area contributed by atoms with Gasteiger partial charge in [-0.1, -0.05) is 51.1 Å². The van der Waals surface area contributed by atoms with Crippen LogP contribution in [0.3, 0.4) is 0 Å². The number of hydrogen-bond acceptors (Lipinski definition) is 5. The third kappa shape index (κ3) is 4.20. The number of thiophene rings is 1. The van der Waals surface area contributed by atoms with E-state index in [4.69, 9.17) is 0 Å². The summed E-state index contributed by atoms with van der Waals surface area (Å²) >= 11 is 0.838. The molecule has 2 rings (SSSR count). The van der Waals surface area contributed by atoms with Gasteiger partial charge in [0.2, 0.25) is 0 Å². The third-order valence-electron chi connectivity index (χ3n) is 3.87. The second-order valence-electron chi connectivity index (χ2n) is 7.00. The van der Waals surface area contributed by atoms with E-state index in [1.54, 1.807) is 27.8 Å². The zero-order valence-corrected chi connectivity index (χ0v) is 15.7. The smallest absolute Gasteiger partial charge is 0.267 e. The van der Waals surface area contributed by atoms with Gasteiger partial charge in [-0.3, -0.25) is 9.59 Å². The number of hydrogen-bond donors (Lipinski definition) is 2. The first-order valence-electron chi connectivity index (χ1n) is 8.01. The molecule has 0 unspecified atom stereocenters. The van der Waals surface area contributed by atoms with Crippen LogP contribution in [0.15, 0.2) is 30.3 Å². The number of benzene rings is 1. The molecule has 0 saturated carbocycles. The lowest BCUT2D eigenvalue weighted by Gasteiger charge is -2.16. The van der Waals surface area contributed by atoms with Crippen molar-refractivity contribution in [3.63, 3.8) is 0 Å². The minimum absolute atomic E-state index is 0.0133. The summed E-state index contributed by atoms with van der Waals surface area (Å²) in [6.07, 6.45) is 0.676. The molecule has 0 fully saturated rings. The lowest BCUT2D eigenvalue weighted by atomic mass is 9.90. The van der Waals surface area contributed by atoms with Crippen LogP contribution in [-0.4, -0.2) is 40.4 Å². The first kappa shape index (κ1) is 19.0. The summed E-state index contributed by atoms with van der Waals surface area (Å²) in [5, 5.41) is 20.2. The van der Waals surface area contributed by atoms with E-state index in [0.717, 1.165) is 16.9 Å². The van der Waals surface area contributed by atoms with Crippen LogP contribution in [0.2, 0.25) is 0 Å². The largest absolute Gasteiger partial charge is 0.503 e. The quantitative estimate of drug-likeness (QED) is 0.796. The number of nitrogens with zero attached hydrogens (tertiary/aromatic N) is 1. The van der Waals surface area contributed by atoms with Crippen molar-refractivity contribution in [1.82, 2.24) is 4.90 Å². The Morgan fingerprint density at radius 1 is 1.04 bits per heavy atom. The van der Waals surface area contributed by atoms with Gasteiger partial charge in [0.1, 0.15) is 9.75 Å². The lowest BCUT2D eigenvalue weighted by Crippen LogP contribution is -2.28. The molecule has 0 bridgehead atoms. The Balaban J connectivity index is 2.17. The maximum atomic E-state index is 12.6. The molecule has 6 heteroatoms. The van der Waals surface area contributed by atoms with Crippen LogP contribution in [0.25, 0.3) is 0 Å². The van der Waals surface area contributed by atoms with Crippen LogP contribution in [-0.2, 0) is 6.42 Å². The molecule has 0 radical (unpaired) electrons. The number of rotatable bonds is 5. The van der Waals surface area contributed by atoms with Crippen molar-refractivity contribution in [2.24, 2.45) is 5.41 Å². The summed E-state index contributed by atoms with van der Waals surface area (Å²) in [7, 11) is 1.63. The molecule has 1 amide bonds. The Kier molecular flexibility index (Phi) is 5.52. The molecule has 0 aliphatic carbocycles. The Morgan fingerprint density at radius 2 is 1.60 bits per heavy atom. The zero-order chi connectivity index (χ0) is 18.8. The number of carbonyl (C=O) groups excluding carboxylic acids is 2. The van der Waals surface area contributed by atoms with Crippen LogP contribution in [0.1, 0.15) is 45.7 Å². The molecule has 1 aromatic carbocycles. The maximum absolute atomic E-state index is 12.6. The van der Waals surface area contributed by atoms with Gasteiger partial charge in [-0.25, -0.2) is 0 Å². The van der Waals surface area contributed by atoms with Gasteiger partial charge in [0.15, 0.2) is 17.3 Å². The van der Waals surface area contributed by atoms with E-state index in [9.17, 15) is 19.8 Å². The molecule has 0 spiro atoms. The van der Waals surface area contributed by atoms with Crippen LogP contribution < -0.4 is 0 Å². The van der Waals surface area contributed by atoms with E-state index in [1.165, 1.54) is 4.90 Å². The highest BCUT2D eigenvalue weighted by Crippen LogP contribution is 2.43. The summed E-state index contributed by atoms with van der Waals surface area (Å²) in [6.45, 7) is 5.63. The van der Waals surface area contributed by atoms with Crippen LogP contribution >= 0.6 is 11.3 Å². The molecular weight excluding hydrogens is 338 g/mol. The fourth-order valence-electron chi connectivity index (χ4n) is 2.27. The highest BCUT2D eigenvalue weighted by molar-refractivity contribution is 7.16. The van der Waals surface area contributed by atoms with Crippen molar-refractivity contribution >= 4 is 23.0 Å². The SMILES string of the molecule is CN(CCc1ccccc1)C(=O)c1sc(C(=O)C(C)(C)C)c(O)c1O. The molecule has 0 saturated heterocycles. The number of likely N-dealkylation sites (N-methyl/N-ethyl adjacent to an activating group) is 1. The molecule has 2 N–H and O–H groups in total. The summed E-state index contributed by atoms with van der Waals surface area (Å²) in [5.41, 5.74) is 0.387. The molecule has 1 aromatic heterocycles. The second-order valence-corrected chi connectivity index (χ2v) is 8.02. The molecule has 0 aliphatic heterocycles. The predicted octanol–water partition coefficient (Wildman–Crippen LogP) is 3.70. The van der Waals surface area contributed by atoms with E-state index in [1.807, 2.05) is 30.3 Å². The molecule has 134 valence electrons. The number of amides is 1. The average Bonchev–Trinajstić information content (AvgIpc) is 2.87. The van der Waals surface area contributed by atoms with Crippen molar-refractivity contribution in [3.8, 4) is 11.5 Å². The van der Waals surface area contributed by atoms with Crippen molar-refractivity contribution in [2.45, 2.75) is 27.2 Å². The predicted molar refractivity (Wildman–Crippen MR) is 98.5 cm³/mol. The van der Waals surface area contributed by atoms with Gasteiger partial charge in [-0.05, 0) is 12.0 Å². The maximum Gasteiger partial charge on any atom is 0.267 e. The number of aromatic hydroxyl groups is 2. The fourth-order valence-corrected chi connectivity index (χ4v) is 3.50. The summed E-state index contributed by atoms with van der Waals surface area (Å²) in [6, 6.07) is 9.76. The van der Waals surface area contributed by atoms with E-state index in [-0.39, 0.29) is 15.5 Å². The molecular formula is C19H23NO4S. The van der Waals surface area contributed by atoms with E-state index >= 15 is 0 Å². The Bertz CT molecular complexity index is 775. The number of Topliss-reactive ketones (excluding diaryl/α,β-unsaturated/α-hetero) is 1. The first-order chi connectivity index (χ1) is 11.6. The topological polar surface area (TPSA) is 77.8 Å². The lowest BCUT2D eigenvalue weighted by molar-refractivity contribution is 0.0797. The van der Waals surface area contributed by atoms with E-state index in [0.29, 0.717) is 13.0 Å². The van der Waals surface area contributed by atoms with E-state index in [2.05, 4.69) is 0 Å². The summed E-state index contributed by atoms with van der Waals surface area (Å²) < 4.78 is 0. The van der Waals surface area contributed by atoms with Gasteiger partial charge in [0.05, 0.1) is 0 Å². The summed E-state index contributed by atoms with van der Waals surface area (Å²) in [5.74, 6) is -1.75. The number of carbonyl (C=O) groups is 2. The number of ketones is 1.